The van der Waals surface area contributed by atoms with E-state index in [1.54, 1.807) is 48.1 Å². The average Bonchev–Trinajstić information content (AvgIpc) is 3.54. The first-order valence-corrected chi connectivity index (χ1v) is 12.2. The molecule has 2 aromatic carbocycles. The number of ether oxygens (including phenoxy) is 1. The zero-order valence-electron chi connectivity index (χ0n) is 19.5. The quantitative estimate of drug-likeness (QED) is 0.332. The number of halogens is 1. The van der Waals surface area contributed by atoms with Crippen molar-refractivity contribution in [2.45, 2.75) is 19.5 Å². The molecule has 8 nitrogen and oxygen atoms in total. The fourth-order valence-corrected chi connectivity index (χ4v) is 4.53. The Bertz CT molecular complexity index is 1400. The zero-order chi connectivity index (χ0) is 25.7. The van der Waals surface area contributed by atoms with E-state index in [-0.39, 0.29) is 12.5 Å². The standard InChI is InChI=1S/C26H23ClN4O4S/c1-16(26(34)35-2)29-24(32)18-8-6-7-17(13-18)14-28-25(33)20-15-31(19-9-4-3-5-10-19)30-23(20)21-11-12-22(27)36-21/h3-13,15-16H,14H2,1-2H3,(H,28,33)(H,29,32)/t16-/m1/s1. The number of benzene rings is 2. The van der Waals surface area contributed by atoms with Crippen LogP contribution in [0.25, 0.3) is 16.3 Å². The smallest absolute Gasteiger partial charge is 0.328 e. The Balaban J connectivity index is 1.52. The van der Waals surface area contributed by atoms with Gasteiger partial charge in [-0.25, -0.2) is 9.48 Å². The number of aromatic nitrogens is 2. The highest BCUT2D eigenvalue weighted by molar-refractivity contribution is 7.19. The van der Waals surface area contributed by atoms with Gasteiger partial charge >= 0.3 is 5.97 Å². The Kier molecular flexibility index (Phi) is 7.82. The molecule has 0 bridgehead atoms. The van der Waals surface area contributed by atoms with E-state index < -0.39 is 17.9 Å². The molecule has 4 aromatic rings. The van der Waals surface area contributed by atoms with Gasteiger partial charge in [-0.2, -0.15) is 5.10 Å². The molecule has 2 amide bonds. The Morgan fingerprint density at radius 3 is 2.53 bits per heavy atom. The van der Waals surface area contributed by atoms with Crippen LogP contribution in [-0.2, 0) is 16.1 Å². The molecule has 0 unspecified atom stereocenters. The molecule has 0 fully saturated rings. The average molecular weight is 523 g/mol. The molecule has 0 aliphatic carbocycles. The van der Waals surface area contributed by atoms with Crippen LogP contribution in [0.1, 0.15) is 33.2 Å². The molecule has 2 aromatic heterocycles. The van der Waals surface area contributed by atoms with Gasteiger partial charge in [-0.05, 0) is 48.9 Å². The number of carbonyl (C=O) groups is 3. The first-order chi connectivity index (χ1) is 17.4. The molecule has 0 spiro atoms. The number of carbonyl (C=O) groups excluding carboxylic acids is 3. The minimum atomic E-state index is -0.781. The zero-order valence-corrected chi connectivity index (χ0v) is 21.1. The van der Waals surface area contributed by atoms with Crippen LogP contribution >= 0.6 is 22.9 Å². The molecule has 184 valence electrons. The number of rotatable bonds is 8. The van der Waals surface area contributed by atoms with Gasteiger partial charge in [0.25, 0.3) is 11.8 Å². The Hall–Kier alpha value is -3.95. The van der Waals surface area contributed by atoms with E-state index in [9.17, 15) is 14.4 Å². The van der Waals surface area contributed by atoms with Crippen LogP contribution in [0.5, 0.6) is 0 Å². The predicted molar refractivity (Wildman–Crippen MR) is 138 cm³/mol. The van der Waals surface area contributed by atoms with Crippen molar-refractivity contribution in [3.8, 4) is 16.3 Å². The molecular weight excluding hydrogens is 500 g/mol. The third-order valence-electron chi connectivity index (χ3n) is 5.33. The predicted octanol–water partition coefficient (Wildman–Crippen LogP) is 4.48. The molecular formula is C26H23ClN4O4S. The lowest BCUT2D eigenvalue weighted by molar-refractivity contribution is -0.142. The Morgan fingerprint density at radius 2 is 1.83 bits per heavy atom. The maximum absolute atomic E-state index is 13.2. The first kappa shape index (κ1) is 25.2. The lowest BCUT2D eigenvalue weighted by atomic mass is 10.1. The highest BCUT2D eigenvalue weighted by Crippen LogP contribution is 2.32. The van der Waals surface area contributed by atoms with Crippen LogP contribution in [0.2, 0.25) is 4.34 Å². The number of para-hydroxylation sites is 1. The molecule has 0 saturated carbocycles. The summed E-state index contributed by atoms with van der Waals surface area (Å²) in [5, 5.41) is 10.1. The second kappa shape index (κ2) is 11.2. The van der Waals surface area contributed by atoms with Crippen molar-refractivity contribution in [2.24, 2.45) is 0 Å². The summed E-state index contributed by atoms with van der Waals surface area (Å²) in [6.45, 7) is 1.73. The van der Waals surface area contributed by atoms with E-state index in [4.69, 9.17) is 11.6 Å². The molecule has 2 heterocycles. The second-order valence-corrected chi connectivity index (χ2v) is 9.59. The number of nitrogens with zero attached hydrogens (tertiary/aromatic N) is 2. The van der Waals surface area contributed by atoms with Crippen LogP contribution in [0.15, 0.2) is 72.9 Å². The van der Waals surface area contributed by atoms with Crippen molar-refractivity contribution in [3.63, 3.8) is 0 Å². The van der Waals surface area contributed by atoms with Crippen molar-refractivity contribution in [2.75, 3.05) is 7.11 Å². The summed E-state index contributed by atoms with van der Waals surface area (Å²) in [5.74, 6) is -1.27. The topological polar surface area (TPSA) is 102 Å². The molecule has 0 aliphatic heterocycles. The largest absolute Gasteiger partial charge is 0.467 e. The van der Waals surface area contributed by atoms with E-state index in [0.29, 0.717) is 21.2 Å². The molecule has 10 heteroatoms. The van der Waals surface area contributed by atoms with E-state index in [0.717, 1.165) is 16.1 Å². The molecule has 0 radical (unpaired) electrons. The number of thiophene rings is 1. The van der Waals surface area contributed by atoms with Crippen LogP contribution in [0, 0.1) is 0 Å². The van der Waals surface area contributed by atoms with Crippen molar-refractivity contribution < 1.29 is 19.1 Å². The number of methoxy groups -OCH3 is 1. The molecule has 1 atom stereocenters. The molecule has 36 heavy (non-hydrogen) atoms. The Morgan fingerprint density at radius 1 is 1.06 bits per heavy atom. The summed E-state index contributed by atoms with van der Waals surface area (Å²) in [6, 6.07) is 19.1. The van der Waals surface area contributed by atoms with Crippen molar-refractivity contribution in [3.05, 3.63) is 94.0 Å². The second-order valence-electron chi connectivity index (χ2n) is 7.88. The highest BCUT2D eigenvalue weighted by atomic mass is 35.5. The van der Waals surface area contributed by atoms with Gasteiger partial charge in [0.15, 0.2) is 0 Å². The van der Waals surface area contributed by atoms with Crippen LogP contribution < -0.4 is 10.6 Å². The van der Waals surface area contributed by atoms with Crippen molar-refractivity contribution in [1.29, 1.82) is 0 Å². The third kappa shape index (κ3) is 5.81. The molecule has 0 saturated heterocycles. The SMILES string of the molecule is COC(=O)[C@@H](C)NC(=O)c1cccc(CNC(=O)c2cn(-c3ccccc3)nc2-c2ccc(Cl)s2)c1. The van der Waals surface area contributed by atoms with Gasteiger partial charge in [0, 0.05) is 18.3 Å². The maximum Gasteiger partial charge on any atom is 0.328 e. The van der Waals surface area contributed by atoms with Crippen molar-refractivity contribution in [1.82, 2.24) is 20.4 Å². The van der Waals surface area contributed by atoms with Gasteiger partial charge in [-0.15, -0.1) is 11.3 Å². The van der Waals surface area contributed by atoms with Crippen LogP contribution in [0.3, 0.4) is 0 Å². The summed E-state index contributed by atoms with van der Waals surface area (Å²) in [7, 11) is 1.26. The first-order valence-electron chi connectivity index (χ1n) is 11.0. The van der Waals surface area contributed by atoms with Gasteiger partial charge in [0.2, 0.25) is 0 Å². The summed E-state index contributed by atoms with van der Waals surface area (Å²) < 4.78 is 6.90. The van der Waals surface area contributed by atoms with Gasteiger partial charge in [0.05, 0.1) is 27.6 Å². The number of amides is 2. The van der Waals surface area contributed by atoms with E-state index >= 15 is 0 Å². The number of hydrogen-bond acceptors (Lipinski definition) is 6. The summed E-state index contributed by atoms with van der Waals surface area (Å²) in [5.41, 5.74) is 2.83. The molecule has 0 aliphatic rings. The van der Waals surface area contributed by atoms with Gasteiger partial charge in [0.1, 0.15) is 11.7 Å². The highest BCUT2D eigenvalue weighted by Gasteiger charge is 2.21. The monoisotopic (exact) mass is 522 g/mol. The lowest BCUT2D eigenvalue weighted by Gasteiger charge is -2.12. The normalized spacial score (nSPS) is 11.5. The van der Waals surface area contributed by atoms with Gasteiger partial charge < -0.3 is 15.4 Å². The minimum absolute atomic E-state index is 0.188. The number of esters is 1. The van der Waals surface area contributed by atoms with Crippen LogP contribution in [0.4, 0.5) is 0 Å². The Labute approximate surface area is 216 Å². The fourth-order valence-electron chi connectivity index (χ4n) is 3.49. The molecule has 2 N–H and O–H groups in total. The maximum atomic E-state index is 13.2. The van der Waals surface area contributed by atoms with Crippen LogP contribution in [-0.4, -0.2) is 40.7 Å². The summed E-state index contributed by atoms with van der Waals surface area (Å²) >= 11 is 7.47. The summed E-state index contributed by atoms with van der Waals surface area (Å²) in [6.07, 6.45) is 1.69. The van der Waals surface area contributed by atoms with E-state index in [1.807, 2.05) is 36.4 Å². The number of nitrogens with one attached hydrogen (secondary N) is 2. The number of hydrogen-bond donors (Lipinski definition) is 2. The van der Waals surface area contributed by atoms with E-state index in [2.05, 4.69) is 20.5 Å². The minimum Gasteiger partial charge on any atom is -0.467 e. The fraction of sp³-hybridized carbons (Fsp3) is 0.154. The van der Waals surface area contributed by atoms with Gasteiger partial charge in [-0.1, -0.05) is 41.9 Å². The third-order valence-corrected chi connectivity index (χ3v) is 6.57. The van der Waals surface area contributed by atoms with Gasteiger partial charge in [-0.3, -0.25) is 9.59 Å². The van der Waals surface area contributed by atoms with E-state index in [1.165, 1.54) is 18.4 Å². The molecule has 4 rings (SSSR count). The summed E-state index contributed by atoms with van der Waals surface area (Å²) in [4.78, 5) is 38.1. The van der Waals surface area contributed by atoms with Crippen molar-refractivity contribution >= 4 is 40.7 Å². The lowest BCUT2D eigenvalue weighted by Crippen LogP contribution is -2.39.